The molecule has 3 N–H and O–H groups in total. The van der Waals surface area contributed by atoms with Gasteiger partial charge in [0.2, 0.25) is 5.78 Å². The fourth-order valence-corrected chi connectivity index (χ4v) is 1.63. The zero-order valence-electron chi connectivity index (χ0n) is 9.17. The van der Waals surface area contributed by atoms with Crippen molar-refractivity contribution in [2.24, 2.45) is 5.73 Å². The van der Waals surface area contributed by atoms with Crippen molar-refractivity contribution in [2.75, 3.05) is 6.61 Å². The molecule has 0 saturated carbocycles. The second kappa shape index (κ2) is 4.33. The van der Waals surface area contributed by atoms with E-state index in [1.807, 2.05) is 0 Å². The number of ether oxygens (including phenoxy) is 1. The molecule has 0 aliphatic heterocycles. The summed E-state index contributed by atoms with van der Waals surface area (Å²) in [6.45, 7) is -0.487. The molecule has 0 fully saturated rings. The van der Waals surface area contributed by atoms with Gasteiger partial charge in [-0.25, -0.2) is 0 Å². The normalized spacial score (nSPS) is 13.9. The quantitative estimate of drug-likeness (QED) is 0.791. The second-order valence-corrected chi connectivity index (χ2v) is 3.66. The van der Waals surface area contributed by atoms with E-state index in [1.54, 1.807) is 0 Å². The van der Waals surface area contributed by atoms with Crippen molar-refractivity contribution in [3.63, 3.8) is 0 Å². The molecule has 0 spiro atoms. The average Bonchev–Trinajstić information content (AvgIpc) is 2.31. The Morgan fingerprint density at radius 3 is 2.72 bits per heavy atom. The van der Waals surface area contributed by atoms with Crippen LogP contribution in [0.25, 0.3) is 0 Å². The number of amides is 1. The fraction of sp³-hybridized carbons (Fsp3) is 0.0833. The molecule has 2 rings (SSSR count). The summed E-state index contributed by atoms with van der Waals surface area (Å²) in [6.07, 6.45) is 0.938. The number of phenolic OH excluding ortho intramolecular Hbond substituents is 1. The van der Waals surface area contributed by atoms with Crippen LogP contribution in [-0.4, -0.2) is 29.2 Å². The lowest BCUT2D eigenvalue weighted by Crippen LogP contribution is -2.23. The van der Waals surface area contributed by atoms with Gasteiger partial charge in [-0.05, 0) is 12.1 Å². The van der Waals surface area contributed by atoms with E-state index < -0.39 is 24.1 Å². The van der Waals surface area contributed by atoms with Gasteiger partial charge in [0.1, 0.15) is 5.75 Å². The maximum Gasteiger partial charge on any atom is 0.255 e. The van der Waals surface area contributed by atoms with Gasteiger partial charge in [-0.3, -0.25) is 14.4 Å². The van der Waals surface area contributed by atoms with Gasteiger partial charge >= 0.3 is 0 Å². The third kappa shape index (κ3) is 1.95. The highest BCUT2D eigenvalue weighted by molar-refractivity contribution is 6.24. The van der Waals surface area contributed by atoms with Gasteiger partial charge in [0, 0.05) is 11.6 Å². The van der Waals surface area contributed by atoms with E-state index in [0.717, 1.165) is 6.08 Å². The Labute approximate surface area is 102 Å². The Balaban J connectivity index is 2.38. The Kier molecular flexibility index (Phi) is 2.85. The van der Waals surface area contributed by atoms with Crippen LogP contribution >= 0.6 is 0 Å². The van der Waals surface area contributed by atoms with Gasteiger partial charge in [-0.15, -0.1) is 0 Å². The Hall–Kier alpha value is -2.63. The number of carbonyl (C=O) groups is 3. The molecule has 0 unspecified atom stereocenters. The summed E-state index contributed by atoms with van der Waals surface area (Å²) in [5.41, 5.74) is 4.86. The van der Waals surface area contributed by atoms with Crippen molar-refractivity contribution < 1.29 is 24.2 Å². The van der Waals surface area contributed by atoms with E-state index >= 15 is 0 Å². The summed E-state index contributed by atoms with van der Waals surface area (Å²) in [5, 5.41) is 9.53. The van der Waals surface area contributed by atoms with Crippen molar-refractivity contribution in [2.45, 2.75) is 0 Å². The van der Waals surface area contributed by atoms with Gasteiger partial charge in [-0.2, -0.15) is 0 Å². The van der Waals surface area contributed by atoms with Crippen LogP contribution in [0.5, 0.6) is 5.75 Å². The maximum atomic E-state index is 11.9. The number of allylic oxidation sites excluding steroid dienone is 2. The van der Waals surface area contributed by atoms with Crippen LogP contribution in [-0.2, 0) is 9.53 Å². The number of phenols is 1. The largest absolute Gasteiger partial charge is 0.507 e. The second-order valence-electron chi connectivity index (χ2n) is 3.66. The molecule has 0 saturated heterocycles. The van der Waals surface area contributed by atoms with Crippen LogP contribution in [0, 0.1) is 0 Å². The molecular weight excluding hydrogens is 238 g/mol. The monoisotopic (exact) mass is 247 g/mol. The van der Waals surface area contributed by atoms with Crippen LogP contribution < -0.4 is 5.73 Å². The van der Waals surface area contributed by atoms with Crippen LogP contribution in [0.15, 0.2) is 30.0 Å². The number of fused-ring (bicyclic) bond motifs is 1. The molecule has 6 heteroatoms. The zero-order valence-corrected chi connectivity index (χ0v) is 9.17. The molecule has 0 aromatic heterocycles. The molecule has 0 bridgehead atoms. The van der Waals surface area contributed by atoms with Gasteiger partial charge in [-0.1, -0.05) is 6.07 Å². The summed E-state index contributed by atoms with van der Waals surface area (Å²) in [4.78, 5) is 34.2. The predicted molar refractivity (Wildman–Crippen MR) is 60.0 cm³/mol. The Morgan fingerprint density at radius 1 is 1.33 bits per heavy atom. The first-order valence-corrected chi connectivity index (χ1v) is 5.04. The lowest BCUT2D eigenvalue weighted by Gasteiger charge is -2.15. The number of rotatable bonds is 3. The molecule has 1 aromatic carbocycles. The van der Waals surface area contributed by atoms with E-state index in [-0.39, 0.29) is 22.6 Å². The Morgan fingerprint density at radius 2 is 2.06 bits per heavy atom. The molecule has 1 aliphatic rings. The van der Waals surface area contributed by atoms with Gasteiger partial charge in [0.25, 0.3) is 5.91 Å². The third-order valence-corrected chi connectivity index (χ3v) is 2.39. The number of benzene rings is 1. The summed E-state index contributed by atoms with van der Waals surface area (Å²) in [5.74, 6) is -2.39. The molecule has 0 radical (unpaired) electrons. The van der Waals surface area contributed by atoms with Crippen molar-refractivity contribution in [3.05, 3.63) is 41.2 Å². The number of aromatic hydroxyl groups is 1. The summed E-state index contributed by atoms with van der Waals surface area (Å²) in [6, 6.07) is 4.15. The number of hydrogen-bond donors (Lipinski definition) is 2. The molecule has 0 heterocycles. The minimum absolute atomic E-state index is 0.0435. The van der Waals surface area contributed by atoms with E-state index in [9.17, 15) is 19.5 Å². The van der Waals surface area contributed by atoms with Crippen LogP contribution in [0.4, 0.5) is 0 Å². The minimum atomic E-state index is -0.752. The smallest absolute Gasteiger partial charge is 0.255 e. The molecule has 1 aliphatic carbocycles. The van der Waals surface area contributed by atoms with Gasteiger partial charge < -0.3 is 15.6 Å². The Bertz CT molecular complexity index is 588. The number of Topliss-reactive ketones (excluding diaryl/α,β-unsaturated/α-hetero) is 1. The molecule has 6 nitrogen and oxygen atoms in total. The van der Waals surface area contributed by atoms with Crippen molar-refractivity contribution in [1.29, 1.82) is 0 Å². The fourth-order valence-electron chi connectivity index (χ4n) is 1.63. The van der Waals surface area contributed by atoms with Crippen LogP contribution in [0.2, 0.25) is 0 Å². The maximum absolute atomic E-state index is 11.9. The average molecular weight is 247 g/mol. The predicted octanol–water partition coefficient (Wildman–Crippen LogP) is 0.157. The van der Waals surface area contributed by atoms with E-state index in [4.69, 9.17) is 10.5 Å². The molecule has 18 heavy (non-hydrogen) atoms. The highest BCUT2D eigenvalue weighted by Gasteiger charge is 2.29. The molecule has 1 amide bonds. The first-order valence-electron chi connectivity index (χ1n) is 5.04. The number of primary amides is 1. The molecule has 0 atom stereocenters. The first-order chi connectivity index (χ1) is 8.50. The van der Waals surface area contributed by atoms with E-state index in [1.165, 1.54) is 18.2 Å². The molecule has 1 aromatic rings. The number of nitrogens with two attached hydrogens (primary N) is 1. The van der Waals surface area contributed by atoms with Crippen molar-refractivity contribution >= 4 is 17.5 Å². The standard InChI is InChI=1S/C12H9NO5/c13-10(16)5-18-9-4-8(15)11-6(12(9)17)2-1-3-7(11)14/h1-4,14H,5H2,(H2,13,16). The van der Waals surface area contributed by atoms with E-state index in [0.29, 0.717) is 0 Å². The topological polar surface area (TPSA) is 107 Å². The molecular formula is C12H9NO5. The zero-order chi connectivity index (χ0) is 13.3. The number of ketones is 2. The van der Waals surface area contributed by atoms with Crippen molar-refractivity contribution in [3.8, 4) is 5.75 Å². The third-order valence-electron chi connectivity index (χ3n) is 2.39. The van der Waals surface area contributed by atoms with Gasteiger partial charge in [0.05, 0.1) is 5.56 Å². The summed E-state index contributed by atoms with van der Waals surface area (Å²) >= 11 is 0. The van der Waals surface area contributed by atoms with E-state index in [2.05, 4.69) is 0 Å². The lowest BCUT2D eigenvalue weighted by atomic mass is 9.93. The highest BCUT2D eigenvalue weighted by atomic mass is 16.5. The minimum Gasteiger partial charge on any atom is -0.507 e. The van der Waals surface area contributed by atoms with Crippen LogP contribution in [0.1, 0.15) is 20.7 Å². The summed E-state index contributed by atoms with van der Waals surface area (Å²) < 4.78 is 4.86. The van der Waals surface area contributed by atoms with Gasteiger partial charge in [0.15, 0.2) is 18.1 Å². The summed E-state index contributed by atoms with van der Waals surface area (Å²) in [7, 11) is 0. The molecule has 92 valence electrons. The SMILES string of the molecule is NC(=O)COC1=CC(=O)c2c(O)cccc2C1=O. The highest BCUT2D eigenvalue weighted by Crippen LogP contribution is 2.28. The number of carbonyl (C=O) groups excluding carboxylic acids is 3. The number of hydrogen-bond acceptors (Lipinski definition) is 5. The lowest BCUT2D eigenvalue weighted by molar-refractivity contribution is -0.121. The first kappa shape index (κ1) is 11.8. The van der Waals surface area contributed by atoms with Crippen molar-refractivity contribution in [1.82, 2.24) is 0 Å². The van der Waals surface area contributed by atoms with Crippen LogP contribution in [0.3, 0.4) is 0 Å².